The summed E-state index contributed by atoms with van der Waals surface area (Å²) in [4.78, 5) is 33.5. The number of esters is 1. The summed E-state index contributed by atoms with van der Waals surface area (Å²) in [5.74, 6) is -6.05. The van der Waals surface area contributed by atoms with E-state index in [1.807, 2.05) is 0 Å². The van der Waals surface area contributed by atoms with Crippen molar-refractivity contribution < 1.29 is 32.3 Å². The number of ketones is 2. The molecule has 0 fully saturated rings. The molecule has 1 aromatic heterocycles. The van der Waals surface area contributed by atoms with Gasteiger partial charge in [-0.15, -0.1) is 11.3 Å². The van der Waals surface area contributed by atoms with Gasteiger partial charge < -0.3 is 4.74 Å². The van der Waals surface area contributed by atoms with E-state index >= 15 is 0 Å². The molecule has 2 heterocycles. The first-order valence-electron chi connectivity index (χ1n) is 4.48. The Kier molecular flexibility index (Phi) is 2.81. The van der Waals surface area contributed by atoms with Gasteiger partial charge in [0.15, 0.2) is 5.76 Å². The third-order valence-electron chi connectivity index (χ3n) is 2.06. The number of hydrogen-bond acceptors (Lipinski definition) is 5. The van der Waals surface area contributed by atoms with Gasteiger partial charge in [-0.05, 0) is 11.4 Å². The molecule has 0 saturated heterocycles. The third kappa shape index (κ3) is 1.94. The summed E-state index contributed by atoms with van der Waals surface area (Å²) in [7, 11) is 0. The van der Waals surface area contributed by atoms with Gasteiger partial charge in [0.2, 0.25) is 0 Å². The van der Waals surface area contributed by atoms with Crippen LogP contribution >= 0.6 is 11.3 Å². The van der Waals surface area contributed by atoms with Gasteiger partial charge in [-0.1, -0.05) is 6.07 Å². The molecule has 0 amide bonds. The lowest BCUT2D eigenvalue weighted by atomic mass is 10.1. The fourth-order valence-corrected chi connectivity index (χ4v) is 2.04. The lowest BCUT2D eigenvalue weighted by Gasteiger charge is -2.04. The number of ether oxygens (including phenoxy) is 1. The number of rotatable bonds is 2. The van der Waals surface area contributed by atoms with Crippen LogP contribution in [0.3, 0.4) is 0 Å². The van der Waals surface area contributed by atoms with Crippen LogP contribution in [0.5, 0.6) is 0 Å². The van der Waals surface area contributed by atoms with Gasteiger partial charge in [-0.3, -0.25) is 9.59 Å². The Morgan fingerprint density at radius 3 is 2.44 bits per heavy atom. The van der Waals surface area contributed by atoms with Crippen molar-refractivity contribution in [2.45, 2.75) is 6.18 Å². The maximum atomic E-state index is 12.3. The predicted molar refractivity (Wildman–Crippen MR) is 53.4 cm³/mol. The third-order valence-corrected chi connectivity index (χ3v) is 2.93. The summed E-state index contributed by atoms with van der Waals surface area (Å²) in [5.41, 5.74) is -1.25. The highest BCUT2D eigenvalue weighted by Gasteiger charge is 2.50. The van der Waals surface area contributed by atoms with E-state index in [1.54, 1.807) is 0 Å². The average Bonchev–Trinajstić information content (AvgIpc) is 2.86. The maximum absolute atomic E-state index is 12.3. The number of Topliss-reactive ketones (excluding diaryl/α,β-unsaturated/α-hetero) is 2. The van der Waals surface area contributed by atoms with E-state index < -0.39 is 35.0 Å². The van der Waals surface area contributed by atoms with Crippen molar-refractivity contribution in [3.8, 4) is 0 Å². The zero-order valence-electron chi connectivity index (χ0n) is 8.41. The largest absolute Gasteiger partial charge is 0.455 e. The van der Waals surface area contributed by atoms with Crippen LogP contribution in [0.25, 0.3) is 5.76 Å². The summed E-state index contributed by atoms with van der Waals surface area (Å²) in [6.07, 6.45) is -5.23. The summed E-state index contributed by atoms with van der Waals surface area (Å²) in [5, 5.41) is 1.51. The lowest BCUT2D eigenvalue weighted by molar-refractivity contribution is -0.167. The second-order valence-electron chi connectivity index (χ2n) is 3.23. The topological polar surface area (TPSA) is 60.4 Å². The van der Waals surface area contributed by atoms with E-state index in [2.05, 4.69) is 4.74 Å². The molecule has 1 aliphatic heterocycles. The van der Waals surface area contributed by atoms with E-state index in [1.165, 1.54) is 17.5 Å². The number of hydrogen-bond donors (Lipinski definition) is 0. The first kappa shape index (κ1) is 12.5. The molecule has 0 bridgehead atoms. The Labute approximate surface area is 102 Å². The molecule has 0 unspecified atom stereocenters. The summed E-state index contributed by atoms with van der Waals surface area (Å²) < 4.78 is 41.4. The number of carbonyl (C=O) groups excluding carboxylic acids is 3. The molecule has 1 aromatic rings. The van der Waals surface area contributed by atoms with E-state index in [0.717, 1.165) is 11.3 Å². The summed E-state index contributed by atoms with van der Waals surface area (Å²) >= 11 is 0.949. The van der Waals surface area contributed by atoms with Gasteiger partial charge in [-0.25, -0.2) is 4.79 Å². The minimum absolute atomic E-state index is 0.113. The van der Waals surface area contributed by atoms with E-state index in [4.69, 9.17) is 0 Å². The van der Waals surface area contributed by atoms with Gasteiger partial charge in [0.25, 0.3) is 11.6 Å². The average molecular weight is 276 g/mol. The van der Waals surface area contributed by atoms with Crippen LogP contribution in [0.2, 0.25) is 0 Å². The molecule has 2 rings (SSSR count). The predicted octanol–water partition coefficient (Wildman–Crippen LogP) is 1.72. The van der Waals surface area contributed by atoms with Crippen LogP contribution in [0.4, 0.5) is 13.2 Å². The zero-order chi connectivity index (χ0) is 13.5. The Morgan fingerprint density at radius 2 is 1.94 bits per heavy atom. The first-order valence-corrected chi connectivity index (χ1v) is 5.36. The molecule has 18 heavy (non-hydrogen) atoms. The molecule has 0 radical (unpaired) electrons. The fourth-order valence-electron chi connectivity index (χ4n) is 1.32. The molecular formula is C10H3F3O4S. The van der Waals surface area contributed by atoms with Gasteiger partial charge in [0.05, 0.1) is 4.88 Å². The normalized spacial score (nSPS) is 16.2. The molecule has 8 heteroatoms. The van der Waals surface area contributed by atoms with Gasteiger partial charge >= 0.3 is 12.1 Å². The maximum Gasteiger partial charge on any atom is 0.455 e. The Morgan fingerprint density at radius 1 is 1.28 bits per heavy atom. The number of thiophene rings is 1. The van der Waals surface area contributed by atoms with Crippen LogP contribution in [0, 0.1) is 0 Å². The van der Waals surface area contributed by atoms with Crippen molar-refractivity contribution >= 4 is 34.6 Å². The first-order chi connectivity index (χ1) is 8.32. The van der Waals surface area contributed by atoms with Crippen molar-refractivity contribution in [2.75, 3.05) is 0 Å². The van der Waals surface area contributed by atoms with E-state index in [0.29, 0.717) is 0 Å². The van der Waals surface area contributed by atoms with Crippen LogP contribution in [0.1, 0.15) is 4.88 Å². The van der Waals surface area contributed by atoms with E-state index in [-0.39, 0.29) is 4.88 Å². The fraction of sp³-hybridized carbons (Fsp3) is 0.100. The molecule has 0 aromatic carbocycles. The highest BCUT2D eigenvalue weighted by atomic mass is 32.1. The minimum Gasteiger partial charge on any atom is -0.418 e. The Hall–Kier alpha value is -1.96. The van der Waals surface area contributed by atoms with Crippen molar-refractivity contribution in [1.82, 2.24) is 0 Å². The summed E-state index contributed by atoms with van der Waals surface area (Å²) in [6, 6.07) is 2.83. The minimum atomic E-state index is -5.23. The summed E-state index contributed by atoms with van der Waals surface area (Å²) in [6.45, 7) is 0. The van der Waals surface area contributed by atoms with Crippen LogP contribution in [-0.2, 0) is 19.1 Å². The van der Waals surface area contributed by atoms with Crippen molar-refractivity contribution in [3.05, 3.63) is 28.0 Å². The van der Waals surface area contributed by atoms with Crippen LogP contribution < -0.4 is 0 Å². The second kappa shape index (κ2) is 4.05. The van der Waals surface area contributed by atoms with Gasteiger partial charge in [0, 0.05) is 0 Å². The molecule has 0 N–H and O–H groups in total. The molecule has 1 aliphatic rings. The van der Waals surface area contributed by atoms with Crippen molar-refractivity contribution in [3.63, 3.8) is 0 Å². The van der Waals surface area contributed by atoms with Crippen molar-refractivity contribution in [1.29, 1.82) is 0 Å². The number of carbonyl (C=O) groups is 3. The highest BCUT2D eigenvalue weighted by molar-refractivity contribution is 7.11. The number of cyclic esters (lactones) is 1. The Bertz CT molecular complexity index is 568. The highest BCUT2D eigenvalue weighted by Crippen LogP contribution is 2.34. The standard InChI is InChI=1S/C10H3F3O4S/c11-10(12,13)8(15)5-6(14)9(16)17-7(5)4-2-1-3-18-4/h1-3H. The second-order valence-corrected chi connectivity index (χ2v) is 4.17. The molecule has 0 atom stereocenters. The van der Waals surface area contributed by atoms with Crippen LogP contribution in [-0.4, -0.2) is 23.7 Å². The monoisotopic (exact) mass is 276 g/mol. The Balaban J connectivity index is 2.57. The van der Waals surface area contributed by atoms with E-state index in [9.17, 15) is 27.6 Å². The van der Waals surface area contributed by atoms with Gasteiger partial charge in [0.1, 0.15) is 5.57 Å². The molecule has 0 spiro atoms. The molecule has 4 nitrogen and oxygen atoms in total. The zero-order valence-corrected chi connectivity index (χ0v) is 9.22. The van der Waals surface area contributed by atoms with Crippen LogP contribution in [0.15, 0.2) is 23.1 Å². The SMILES string of the molecule is O=C1OC(c2cccs2)=C(C(=O)C(F)(F)F)C1=O. The van der Waals surface area contributed by atoms with Crippen molar-refractivity contribution in [2.24, 2.45) is 0 Å². The smallest absolute Gasteiger partial charge is 0.418 e. The molecular weight excluding hydrogens is 273 g/mol. The molecule has 0 aliphatic carbocycles. The quantitative estimate of drug-likeness (QED) is 0.469. The molecule has 0 saturated carbocycles. The number of alkyl halides is 3. The van der Waals surface area contributed by atoms with Gasteiger partial charge in [-0.2, -0.15) is 13.2 Å². The molecule has 94 valence electrons. The lowest BCUT2D eigenvalue weighted by Crippen LogP contribution is -2.28. The number of halogens is 3.